The van der Waals surface area contributed by atoms with E-state index in [0.717, 1.165) is 76.2 Å². The highest BCUT2D eigenvalue weighted by Crippen LogP contribution is 2.45. The minimum atomic E-state index is -0.234. The van der Waals surface area contributed by atoms with E-state index in [0.29, 0.717) is 0 Å². The molecule has 0 aliphatic heterocycles. The van der Waals surface area contributed by atoms with Crippen molar-refractivity contribution in [2.45, 2.75) is 20.8 Å². The number of nitrogens with zero attached hydrogens (tertiary/aromatic N) is 3. The lowest BCUT2D eigenvalue weighted by Gasteiger charge is -2.17. The van der Waals surface area contributed by atoms with Crippen LogP contribution in [0.2, 0.25) is 0 Å². The summed E-state index contributed by atoms with van der Waals surface area (Å²) in [5, 5.41) is 6.90. The average molecular weight is 614 g/mol. The van der Waals surface area contributed by atoms with Crippen LogP contribution in [0.25, 0.3) is 81.2 Å². The molecule has 0 bridgehead atoms. The second kappa shape index (κ2) is 10.1. The molecule has 0 atom stereocenters. The summed E-state index contributed by atoms with van der Waals surface area (Å²) in [5.74, 6) is 0.608. The van der Waals surface area contributed by atoms with Crippen molar-refractivity contribution in [2.24, 2.45) is 0 Å². The quantitative estimate of drug-likeness (QED) is 0.186. The number of rotatable bonds is 3. The molecule has 0 unspecified atom stereocenters. The van der Waals surface area contributed by atoms with Crippen LogP contribution in [0.4, 0.5) is 4.39 Å². The van der Waals surface area contributed by atoms with Crippen molar-refractivity contribution in [1.29, 1.82) is 0 Å². The highest BCUT2D eigenvalue weighted by molar-refractivity contribution is 7.26. The first-order valence-corrected chi connectivity index (χ1v) is 16.3. The summed E-state index contributed by atoms with van der Waals surface area (Å²) in [4.78, 5) is 11.7. The van der Waals surface area contributed by atoms with E-state index in [1.807, 2.05) is 32.0 Å². The zero-order valence-corrected chi connectivity index (χ0v) is 26.4. The monoisotopic (exact) mass is 613 g/mol. The molecule has 5 heteroatoms. The molecular weight excluding hydrogens is 586 g/mol. The maximum Gasteiger partial charge on any atom is 0.147 e. The molecule has 0 aliphatic rings. The Morgan fingerprint density at radius 2 is 1.26 bits per heavy atom. The molecule has 0 amide bonds. The van der Waals surface area contributed by atoms with Crippen LogP contribution in [-0.2, 0) is 0 Å². The average Bonchev–Trinajstić information content (AvgIpc) is 3.65. The van der Waals surface area contributed by atoms with E-state index in [1.54, 1.807) is 23.5 Å². The number of imidazole rings is 1. The molecule has 3 heterocycles. The Hall–Kier alpha value is -5.39. The maximum atomic E-state index is 14.7. The molecule has 9 rings (SSSR count). The van der Waals surface area contributed by atoms with Crippen molar-refractivity contribution < 1.29 is 4.39 Å². The van der Waals surface area contributed by atoms with E-state index in [1.165, 1.54) is 21.7 Å². The molecule has 220 valence electrons. The normalized spacial score (nSPS) is 11.9. The molecule has 6 aromatic carbocycles. The van der Waals surface area contributed by atoms with Gasteiger partial charge in [0.05, 0.1) is 22.4 Å². The highest BCUT2D eigenvalue weighted by Gasteiger charge is 2.25. The fourth-order valence-corrected chi connectivity index (χ4v) is 8.49. The van der Waals surface area contributed by atoms with E-state index in [4.69, 9.17) is 9.97 Å². The van der Waals surface area contributed by atoms with Gasteiger partial charge in [-0.2, -0.15) is 0 Å². The molecule has 3 aromatic heterocycles. The van der Waals surface area contributed by atoms with Gasteiger partial charge in [0, 0.05) is 37.4 Å². The molecule has 0 radical (unpaired) electrons. The number of pyridine rings is 1. The number of benzene rings is 6. The SMILES string of the molecule is Cc1cc(F)cc(C)c1-n1c(-c2ccc(C)c3c2sc2nc(-c4ccccc4)ccc23)nc2c3ccccc3c3ccccc3c21. The Bertz CT molecular complexity index is 2660. The fourth-order valence-electron chi connectivity index (χ4n) is 7.23. The van der Waals surface area contributed by atoms with Gasteiger partial charge in [0.2, 0.25) is 0 Å². The van der Waals surface area contributed by atoms with Crippen LogP contribution in [0, 0.1) is 26.6 Å². The van der Waals surface area contributed by atoms with Crippen molar-refractivity contribution in [3.8, 4) is 28.3 Å². The molecule has 0 fully saturated rings. The molecule has 9 aromatic rings. The Morgan fingerprint density at radius 1 is 0.609 bits per heavy atom. The van der Waals surface area contributed by atoms with E-state index in [9.17, 15) is 4.39 Å². The Kier molecular flexibility index (Phi) is 5.90. The highest BCUT2D eigenvalue weighted by atomic mass is 32.1. The smallest absolute Gasteiger partial charge is 0.147 e. The third kappa shape index (κ3) is 3.88. The molecule has 0 N–H and O–H groups in total. The van der Waals surface area contributed by atoms with E-state index >= 15 is 0 Å². The molecule has 0 saturated carbocycles. The maximum absolute atomic E-state index is 14.7. The van der Waals surface area contributed by atoms with Crippen LogP contribution < -0.4 is 0 Å². The van der Waals surface area contributed by atoms with Gasteiger partial charge in [-0.05, 0) is 78.6 Å². The minimum absolute atomic E-state index is 0.234. The summed E-state index contributed by atoms with van der Waals surface area (Å²) in [7, 11) is 0. The number of hydrogen-bond acceptors (Lipinski definition) is 3. The third-order valence-electron chi connectivity index (χ3n) is 9.22. The van der Waals surface area contributed by atoms with Gasteiger partial charge in [-0.15, -0.1) is 11.3 Å². The molecule has 3 nitrogen and oxygen atoms in total. The van der Waals surface area contributed by atoms with Crippen molar-refractivity contribution >= 4 is 64.2 Å². The number of halogens is 1. The minimum Gasteiger partial charge on any atom is -0.291 e. The summed E-state index contributed by atoms with van der Waals surface area (Å²) in [6, 6.07) is 39.3. The van der Waals surface area contributed by atoms with Gasteiger partial charge in [-0.25, -0.2) is 14.4 Å². The van der Waals surface area contributed by atoms with Crippen LogP contribution in [0.3, 0.4) is 0 Å². The second-order valence-corrected chi connectivity index (χ2v) is 13.1. The standard InChI is InChI=1S/C41H28FN3S/c1-23-17-18-33(39-35(23)32-19-20-34(43-41(32)46-39)26-11-5-4-6-12-26)40-44-36-30-15-9-7-13-28(30)29-14-8-10-16-31(29)38(36)45(40)37-24(2)21-27(42)22-25(37)3/h4-22H,1-3H3. The van der Waals surface area contributed by atoms with Crippen LogP contribution >= 0.6 is 11.3 Å². The fraction of sp³-hybridized carbons (Fsp3) is 0.0732. The summed E-state index contributed by atoms with van der Waals surface area (Å²) in [6.45, 7) is 6.15. The van der Waals surface area contributed by atoms with Gasteiger partial charge in [-0.3, -0.25) is 4.57 Å². The zero-order chi connectivity index (χ0) is 31.1. The largest absolute Gasteiger partial charge is 0.291 e. The first kappa shape index (κ1) is 27.0. The van der Waals surface area contributed by atoms with Crippen LogP contribution in [0.1, 0.15) is 16.7 Å². The number of aryl methyl sites for hydroxylation is 3. The summed E-state index contributed by atoms with van der Waals surface area (Å²) in [5.41, 5.74) is 8.95. The number of thiophene rings is 1. The predicted molar refractivity (Wildman–Crippen MR) is 192 cm³/mol. The van der Waals surface area contributed by atoms with Gasteiger partial charge in [-0.1, -0.05) is 84.9 Å². The summed E-state index contributed by atoms with van der Waals surface area (Å²) >= 11 is 1.71. The number of fused-ring (bicyclic) bond motifs is 9. The Labute approximate surface area is 269 Å². The van der Waals surface area contributed by atoms with E-state index in [2.05, 4.69) is 96.4 Å². The van der Waals surface area contributed by atoms with Gasteiger partial charge in [0.15, 0.2) is 0 Å². The van der Waals surface area contributed by atoms with Crippen molar-refractivity contribution in [2.75, 3.05) is 0 Å². The van der Waals surface area contributed by atoms with E-state index in [-0.39, 0.29) is 5.82 Å². The molecule has 0 aliphatic carbocycles. The second-order valence-electron chi connectivity index (χ2n) is 12.1. The summed E-state index contributed by atoms with van der Waals surface area (Å²) in [6.07, 6.45) is 0. The number of hydrogen-bond donors (Lipinski definition) is 0. The zero-order valence-electron chi connectivity index (χ0n) is 25.6. The van der Waals surface area contributed by atoms with E-state index < -0.39 is 0 Å². The van der Waals surface area contributed by atoms with Crippen LogP contribution in [0.5, 0.6) is 0 Å². The molecule has 46 heavy (non-hydrogen) atoms. The predicted octanol–water partition coefficient (Wildman–Crippen LogP) is 11.5. The summed E-state index contributed by atoms with van der Waals surface area (Å²) < 4.78 is 18.2. The molecular formula is C41H28FN3S. The van der Waals surface area contributed by atoms with Crippen LogP contribution in [0.15, 0.2) is 115 Å². The van der Waals surface area contributed by atoms with Crippen LogP contribution in [-0.4, -0.2) is 14.5 Å². The lowest BCUT2D eigenvalue weighted by atomic mass is 9.99. The van der Waals surface area contributed by atoms with Gasteiger partial charge >= 0.3 is 0 Å². The van der Waals surface area contributed by atoms with Gasteiger partial charge < -0.3 is 0 Å². The topological polar surface area (TPSA) is 30.7 Å². The van der Waals surface area contributed by atoms with Crippen molar-refractivity contribution in [3.63, 3.8) is 0 Å². The van der Waals surface area contributed by atoms with Gasteiger partial charge in [0.25, 0.3) is 0 Å². The van der Waals surface area contributed by atoms with Crippen molar-refractivity contribution in [3.05, 3.63) is 138 Å². The number of aromatic nitrogens is 3. The van der Waals surface area contributed by atoms with Crippen molar-refractivity contribution in [1.82, 2.24) is 14.5 Å². The lowest BCUT2D eigenvalue weighted by molar-refractivity contribution is 0.625. The Balaban J connectivity index is 1.45. The first-order chi connectivity index (χ1) is 22.5. The van der Waals surface area contributed by atoms with Gasteiger partial charge in [0.1, 0.15) is 16.5 Å². The third-order valence-corrected chi connectivity index (χ3v) is 10.3. The molecule has 0 spiro atoms. The Morgan fingerprint density at radius 3 is 2.00 bits per heavy atom. The molecule has 0 saturated heterocycles. The first-order valence-electron chi connectivity index (χ1n) is 15.5. The lowest BCUT2D eigenvalue weighted by Crippen LogP contribution is -2.04.